The van der Waals surface area contributed by atoms with Crippen molar-refractivity contribution in [2.24, 2.45) is 0 Å². The molecular weight excluding hydrogens is 332 g/mol. The highest BCUT2D eigenvalue weighted by Crippen LogP contribution is 2.36. The molecule has 1 aromatic carbocycles. The third-order valence-electron chi connectivity index (χ3n) is 4.60. The van der Waals surface area contributed by atoms with Crippen molar-refractivity contribution in [1.29, 1.82) is 0 Å². The van der Waals surface area contributed by atoms with Crippen LogP contribution < -0.4 is 15.5 Å². The minimum atomic E-state index is -0.824. The Morgan fingerprint density at radius 1 is 1.15 bits per heavy atom. The van der Waals surface area contributed by atoms with Gasteiger partial charge in [-0.25, -0.2) is 0 Å². The van der Waals surface area contributed by atoms with Gasteiger partial charge in [0, 0.05) is 30.4 Å². The zero-order chi connectivity index (χ0) is 19.3. The molecule has 1 aliphatic heterocycles. The minimum absolute atomic E-state index is 0.0338. The highest BCUT2D eigenvalue weighted by Gasteiger charge is 2.39. The van der Waals surface area contributed by atoms with E-state index in [1.165, 1.54) is 0 Å². The highest BCUT2D eigenvalue weighted by atomic mass is 16.2. The molecule has 26 heavy (non-hydrogen) atoms. The fourth-order valence-corrected chi connectivity index (χ4v) is 3.16. The number of carbonyl (C=O) groups is 3. The van der Waals surface area contributed by atoms with Gasteiger partial charge < -0.3 is 20.4 Å². The molecule has 0 saturated heterocycles. The quantitative estimate of drug-likeness (QED) is 0.713. The Labute approximate surface area is 154 Å². The van der Waals surface area contributed by atoms with Crippen molar-refractivity contribution in [3.05, 3.63) is 29.8 Å². The number of rotatable bonds is 7. The first-order valence-electron chi connectivity index (χ1n) is 9.13. The predicted octanol–water partition coefficient (Wildman–Crippen LogP) is 1.06. The Kier molecular flexibility index (Phi) is 6.74. The largest absolute Gasteiger partial charge is 0.347 e. The van der Waals surface area contributed by atoms with E-state index in [1.807, 2.05) is 45.9 Å². The first kappa shape index (κ1) is 19.9. The van der Waals surface area contributed by atoms with Gasteiger partial charge in [0.25, 0.3) is 5.91 Å². The first-order valence-corrected chi connectivity index (χ1v) is 9.13. The summed E-state index contributed by atoms with van der Waals surface area (Å²) in [4.78, 5) is 40.8. The van der Waals surface area contributed by atoms with Crippen molar-refractivity contribution in [2.75, 3.05) is 31.1 Å². The minimum Gasteiger partial charge on any atom is -0.347 e. The zero-order valence-corrected chi connectivity index (χ0v) is 15.9. The van der Waals surface area contributed by atoms with Crippen LogP contribution >= 0.6 is 0 Å². The van der Waals surface area contributed by atoms with Crippen LogP contribution in [-0.2, 0) is 14.4 Å². The SMILES string of the molecule is CCN(CC)CCNC(=O)C(=O)NC1C(=O)N(C(C)C)c2ccccc21. The van der Waals surface area contributed by atoms with Crippen molar-refractivity contribution in [3.8, 4) is 0 Å². The lowest BCUT2D eigenvalue weighted by Gasteiger charge is -2.22. The fourth-order valence-electron chi connectivity index (χ4n) is 3.16. The second-order valence-electron chi connectivity index (χ2n) is 6.55. The molecule has 2 rings (SSSR count). The van der Waals surface area contributed by atoms with E-state index in [9.17, 15) is 14.4 Å². The molecule has 1 heterocycles. The second-order valence-corrected chi connectivity index (χ2v) is 6.55. The summed E-state index contributed by atoms with van der Waals surface area (Å²) in [6.07, 6.45) is 0. The third-order valence-corrected chi connectivity index (χ3v) is 4.60. The number of nitrogens with zero attached hydrogens (tertiary/aromatic N) is 2. The van der Waals surface area contributed by atoms with Gasteiger partial charge in [-0.05, 0) is 33.0 Å². The summed E-state index contributed by atoms with van der Waals surface area (Å²) in [7, 11) is 0. The van der Waals surface area contributed by atoms with Crippen LogP contribution in [-0.4, -0.2) is 54.8 Å². The van der Waals surface area contributed by atoms with Gasteiger partial charge in [-0.2, -0.15) is 0 Å². The Bertz CT molecular complexity index is 671. The molecule has 0 bridgehead atoms. The van der Waals surface area contributed by atoms with Crippen LogP contribution in [0, 0.1) is 0 Å². The molecular formula is C19H28N4O3. The molecule has 142 valence electrons. The molecule has 0 spiro atoms. The Balaban J connectivity index is 2.00. The van der Waals surface area contributed by atoms with E-state index in [1.54, 1.807) is 11.0 Å². The normalized spacial score (nSPS) is 16.2. The van der Waals surface area contributed by atoms with Crippen LogP contribution in [0.2, 0.25) is 0 Å². The van der Waals surface area contributed by atoms with Crippen molar-refractivity contribution < 1.29 is 14.4 Å². The summed E-state index contributed by atoms with van der Waals surface area (Å²) in [6.45, 7) is 10.8. The summed E-state index contributed by atoms with van der Waals surface area (Å²) in [6, 6.07) is 6.47. The molecule has 7 heteroatoms. The number of anilines is 1. The molecule has 2 N–H and O–H groups in total. The van der Waals surface area contributed by atoms with Gasteiger partial charge in [0.15, 0.2) is 0 Å². The number of fused-ring (bicyclic) bond motifs is 1. The zero-order valence-electron chi connectivity index (χ0n) is 15.9. The number of carbonyl (C=O) groups excluding carboxylic acids is 3. The predicted molar refractivity (Wildman–Crippen MR) is 101 cm³/mol. The van der Waals surface area contributed by atoms with Crippen LogP contribution in [0.3, 0.4) is 0 Å². The van der Waals surface area contributed by atoms with Gasteiger partial charge in [-0.15, -0.1) is 0 Å². The number of benzene rings is 1. The summed E-state index contributed by atoms with van der Waals surface area (Å²) >= 11 is 0. The van der Waals surface area contributed by atoms with Gasteiger partial charge in [0.05, 0.1) is 0 Å². The second kappa shape index (κ2) is 8.80. The molecule has 1 unspecified atom stereocenters. The first-order chi connectivity index (χ1) is 12.4. The number of likely N-dealkylation sites (N-methyl/N-ethyl adjacent to an activating group) is 1. The summed E-state index contributed by atoms with van der Waals surface area (Å²) in [5, 5.41) is 5.19. The standard InChI is InChI=1S/C19H28N4O3/c1-5-22(6-2)12-11-20-17(24)18(25)21-16-14-9-7-8-10-15(14)23(13(3)4)19(16)26/h7-10,13,16H,5-6,11-12H2,1-4H3,(H,20,24)(H,21,25). The van der Waals surface area contributed by atoms with Crippen LogP contribution in [0.5, 0.6) is 0 Å². The number of nitrogens with one attached hydrogen (secondary N) is 2. The van der Waals surface area contributed by atoms with Crippen LogP contribution in [0.15, 0.2) is 24.3 Å². The average molecular weight is 360 g/mol. The summed E-state index contributed by atoms with van der Waals surface area (Å²) < 4.78 is 0. The smallest absolute Gasteiger partial charge is 0.310 e. The van der Waals surface area contributed by atoms with E-state index >= 15 is 0 Å². The molecule has 0 aromatic heterocycles. The van der Waals surface area contributed by atoms with Gasteiger partial charge in [0.1, 0.15) is 6.04 Å². The number of para-hydroxylation sites is 1. The lowest BCUT2D eigenvalue weighted by Crippen LogP contribution is -2.46. The Morgan fingerprint density at radius 2 is 1.81 bits per heavy atom. The van der Waals surface area contributed by atoms with Gasteiger partial charge in [-0.3, -0.25) is 14.4 Å². The van der Waals surface area contributed by atoms with E-state index in [2.05, 4.69) is 15.5 Å². The van der Waals surface area contributed by atoms with Crippen molar-refractivity contribution >= 4 is 23.4 Å². The Hall–Kier alpha value is -2.41. The third kappa shape index (κ3) is 4.22. The van der Waals surface area contributed by atoms with E-state index in [0.717, 1.165) is 24.3 Å². The lowest BCUT2D eigenvalue weighted by molar-refractivity contribution is -0.140. The van der Waals surface area contributed by atoms with Gasteiger partial charge in [-0.1, -0.05) is 32.0 Å². The van der Waals surface area contributed by atoms with Crippen LogP contribution in [0.1, 0.15) is 39.3 Å². The molecule has 0 saturated carbocycles. The molecule has 1 atom stereocenters. The maximum Gasteiger partial charge on any atom is 0.310 e. The van der Waals surface area contributed by atoms with E-state index in [4.69, 9.17) is 0 Å². The van der Waals surface area contributed by atoms with E-state index < -0.39 is 17.9 Å². The molecule has 0 fully saturated rings. The maximum atomic E-state index is 12.7. The Morgan fingerprint density at radius 3 is 2.42 bits per heavy atom. The molecule has 7 nitrogen and oxygen atoms in total. The van der Waals surface area contributed by atoms with E-state index in [-0.39, 0.29) is 11.9 Å². The van der Waals surface area contributed by atoms with Crippen molar-refractivity contribution in [1.82, 2.24) is 15.5 Å². The molecule has 1 aromatic rings. The number of amides is 3. The number of hydrogen-bond acceptors (Lipinski definition) is 4. The molecule has 3 amide bonds. The van der Waals surface area contributed by atoms with Crippen LogP contribution in [0.25, 0.3) is 0 Å². The van der Waals surface area contributed by atoms with Crippen molar-refractivity contribution in [2.45, 2.75) is 39.8 Å². The van der Waals surface area contributed by atoms with E-state index in [0.29, 0.717) is 13.1 Å². The maximum absolute atomic E-state index is 12.7. The summed E-state index contributed by atoms with van der Waals surface area (Å²) in [5.74, 6) is -1.72. The molecule has 0 aliphatic carbocycles. The van der Waals surface area contributed by atoms with Gasteiger partial charge >= 0.3 is 11.8 Å². The monoisotopic (exact) mass is 360 g/mol. The van der Waals surface area contributed by atoms with Crippen molar-refractivity contribution in [3.63, 3.8) is 0 Å². The molecule has 0 radical (unpaired) electrons. The fraction of sp³-hybridized carbons (Fsp3) is 0.526. The topological polar surface area (TPSA) is 81.8 Å². The van der Waals surface area contributed by atoms with Gasteiger partial charge in [0.2, 0.25) is 0 Å². The molecule has 1 aliphatic rings. The lowest BCUT2D eigenvalue weighted by atomic mass is 10.1. The van der Waals surface area contributed by atoms with Crippen LogP contribution in [0.4, 0.5) is 5.69 Å². The average Bonchev–Trinajstić information content (AvgIpc) is 2.90. The number of hydrogen-bond donors (Lipinski definition) is 2. The highest BCUT2D eigenvalue weighted by molar-refractivity contribution is 6.35. The summed E-state index contributed by atoms with van der Waals surface area (Å²) in [5.41, 5.74) is 1.50.